The monoisotopic (exact) mass is 502 g/mol. The minimum atomic E-state index is -1.51. The van der Waals surface area contributed by atoms with Crippen LogP contribution in [0, 0.1) is 24.4 Å². The van der Waals surface area contributed by atoms with Crippen LogP contribution < -0.4 is 5.32 Å². The first-order valence-corrected chi connectivity index (χ1v) is 11.7. The highest BCUT2D eigenvalue weighted by Gasteiger charge is 2.33. The normalized spacial score (nSPS) is 17.9. The molecule has 1 aromatic carbocycles. The molecule has 1 aliphatic carbocycles. The predicted molar refractivity (Wildman–Crippen MR) is 123 cm³/mol. The second-order valence-electron chi connectivity index (χ2n) is 9.05. The smallest absolute Gasteiger partial charge is 0.410 e. The van der Waals surface area contributed by atoms with Crippen molar-refractivity contribution < 1.29 is 32.2 Å². The summed E-state index contributed by atoms with van der Waals surface area (Å²) in [5, 5.41) is 2.17. The van der Waals surface area contributed by atoms with Crippen LogP contribution in [0.4, 0.5) is 18.0 Å². The number of ether oxygens (including phenoxy) is 2. The Balaban J connectivity index is 1.54. The van der Waals surface area contributed by atoms with Crippen molar-refractivity contribution in [3.05, 3.63) is 58.7 Å². The number of nitrogens with zero attached hydrogens (tertiary/aromatic N) is 3. The summed E-state index contributed by atoms with van der Waals surface area (Å²) in [6.45, 7) is 2.71. The van der Waals surface area contributed by atoms with E-state index >= 15 is 8.78 Å². The van der Waals surface area contributed by atoms with E-state index in [1.54, 1.807) is 21.6 Å². The molecule has 0 bridgehead atoms. The molecule has 0 unspecified atom stereocenters. The zero-order chi connectivity index (χ0) is 25.6. The van der Waals surface area contributed by atoms with Crippen LogP contribution in [0.25, 0.3) is 16.9 Å². The lowest BCUT2D eigenvalue weighted by molar-refractivity contribution is -0.0279. The number of amides is 2. The Bertz CT molecular complexity index is 1360. The van der Waals surface area contributed by atoms with Gasteiger partial charge in [0.25, 0.3) is 5.91 Å². The Morgan fingerprint density at radius 1 is 1.22 bits per heavy atom. The highest BCUT2D eigenvalue weighted by Crippen LogP contribution is 2.34. The van der Waals surface area contributed by atoms with Gasteiger partial charge in [-0.15, -0.1) is 0 Å². The van der Waals surface area contributed by atoms with Crippen molar-refractivity contribution in [2.75, 3.05) is 26.7 Å². The van der Waals surface area contributed by atoms with E-state index < -0.39 is 46.7 Å². The van der Waals surface area contributed by atoms with Gasteiger partial charge in [-0.25, -0.2) is 22.9 Å². The SMILES string of the molecule is CNC(=O)c1cc(F)c(-c2nc3cc(C)ccn3c2C[C@H]2CN(C(=O)OC3CC3)CCO2)c(F)c1F. The highest BCUT2D eigenvalue weighted by molar-refractivity contribution is 5.95. The summed E-state index contributed by atoms with van der Waals surface area (Å²) in [7, 11) is 1.24. The number of halogens is 3. The summed E-state index contributed by atoms with van der Waals surface area (Å²) in [5.41, 5.74) is 0.165. The van der Waals surface area contributed by atoms with Crippen molar-refractivity contribution in [3.63, 3.8) is 0 Å². The second kappa shape index (κ2) is 9.45. The molecule has 1 N–H and O–H groups in total. The van der Waals surface area contributed by atoms with Crippen LogP contribution in [0.3, 0.4) is 0 Å². The number of morpholine rings is 1. The number of aromatic nitrogens is 2. The third kappa shape index (κ3) is 4.50. The number of nitrogens with one attached hydrogen (secondary N) is 1. The topological polar surface area (TPSA) is 85.2 Å². The average molecular weight is 502 g/mol. The lowest BCUT2D eigenvalue weighted by atomic mass is 10.0. The number of rotatable bonds is 5. The van der Waals surface area contributed by atoms with Gasteiger partial charge in [-0.05, 0) is 43.5 Å². The molecule has 1 atom stereocenters. The van der Waals surface area contributed by atoms with E-state index in [1.807, 2.05) is 13.0 Å². The second-order valence-corrected chi connectivity index (χ2v) is 9.05. The van der Waals surface area contributed by atoms with Crippen LogP contribution in [-0.2, 0) is 15.9 Å². The largest absolute Gasteiger partial charge is 0.446 e. The lowest BCUT2D eigenvalue weighted by Gasteiger charge is -2.32. The standard InChI is InChI=1S/C25H25F3N4O4/c1-13-5-6-32-18(10-15-12-31(7-8-35-15)25(34)36-14-3-4-14)23(30-19(32)9-13)20-17(26)11-16(24(33)29-2)21(27)22(20)28/h5-6,9,11,14-15H,3-4,7-8,10,12H2,1-2H3,(H,29,33)/t15-/m0/s1. The molecule has 2 fully saturated rings. The van der Waals surface area contributed by atoms with Crippen LogP contribution in [0.2, 0.25) is 0 Å². The van der Waals surface area contributed by atoms with Crippen molar-refractivity contribution in [2.24, 2.45) is 0 Å². The third-order valence-corrected chi connectivity index (χ3v) is 6.36. The molecule has 11 heteroatoms. The van der Waals surface area contributed by atoms with Crippen LogP contribution in [0.1, 0.15) is 34.5 Å². The first kappa shape index (κ1) is 24.1. The van der Waals surface area contributed by atoms with Crippen molar-refractivity contribution in [1.29, 1.82) is 0 Å². The lowest BCUT2D eigenvalue weighted by Crippen LogP contribution is -2.46. The van der Waals surface area contributed by atoms with E-state index in [1.165, 1.54) is 7.05 Å². The molecular weight excluding hydrogens is 477 g/mol. The van der Waals surface area contributed by atoms with Gasteiger partial charge in [0.05, 0.1) is 41.8 Å². The first-order valence-electron chi connectivity index (χ1n) is 11.7. The maximum atomic E-state index is 15.2. The molecule has 1 aliphatic heterocycles. The van der Waals surface area contributed by atoms with Crippen LogP contribution in [0.15, 0.2) is 24.4 Å². The van der Waals surface area contributed by atoms with Crippen LogP contribution in [-0.4, -0.2) is 65.2 Å². The quantitative estimate of drug-likeness (QED) is 0.539. The third-order valence-electron chi connectivity index (χ3n) is 6.36. The number of benzene rings is 1. The van der Waals surface area contributed by atoms with E-state index in [-0.39, 0.29) is 31.4 Å². The molecule has 2 aliphatic rings. The fraction of sp³-hybridized carbons (Fsp3) is 0.400. The van der Waals surface area contributed by atoms with Crippen LogP contribution >= 0.6 is 0 Å². The Morgan fingerprint density at radius 3 is 2.72 bits per heavy atom. The number of hydrogen-bond donors (Lipinski definition) is 1. The van der Waals surface area contributed by atoms with Crippen molar-refractivity contribution in [2.45, 2.75) is 38.4 Å². The number of fused-ring (bicyclic) bond motifs is 1. The zero-order valence-electron chi connectivity index (χ0n) is 19.8. The van der Waals surface area contributed by atoms with Gasteiger partial charge in [-0.1, -0.05) is 0 Å². The van der Waals surface area contributed by atoms with Crippen LogP contribution in [0.5, 0.6) is 0 Å². The molecule has 0 radical (unpaired) electrons. The summed E-state index contributed by atoms with van der Waals surface area (Å²) >= 11 is 0. The molecular formula is C25H25F3N4O4. The minimum Gasteiger partial charge on any atom is -0.446 e. The van der Waals surface area contributed by atoms with Gasteiger partial charge in [0, 0.05) is 26.2 Å². The number of pyridine rings is 1. The molecule has 1 saturated heterocycles. The van der Waals surface area contributed by atoms with Gasteiger partial charge in [0.15, 0.2) is 11.6 Å². The van der Waals surface area contributed by atoms with Crippen molar-refractivity contribution in [1.82, 2.24) is 19.6 Å². The maximum Gasteiger partial charge on any atom is 0.410 e. The Labute approximate surface area is 205 Å². The summed E-state index contributed by atoms with van der Waals surface area (Å²) in [6, 6.07) is 4.21. The van der Waals surface area contributed by atoms with E-state index in [0.29, 0.717) is 24.0 Å². The van der Waals surface area contributed by atoms with Gasteiger partial charge in [-0.3, -0.25) is 4.79 Å². The number of imidazole rings is 1. The Morgan fingerprint density at radius 2 is 2.00 bits per heavy atom. The van der Waals surface area contributed by atoms with Gasteiger partial charge in [0.1, 0.15) is 17.6 Å². The van der Waals surface area contributed by atoms with Gasteiger partial charge >= 0.3 is 6.09 Å². The Hall–Kier alpha value is -3.60. The van der Waals surface area contributed by atoms with Crippen molar-refractivity contribution >= 4 is 17.6 Å². The number of carbonyl (C=O) groups is 2. The molecule has 2 amide bonds. The molecule has 8 nitrogen and oxygen atoms in total. The molecule has 2 aromatic heterocycles. The van der Waals surface area contributed by atoms with E-state index in [9.17, 15) is 14.0 Å². The maximum absolute atomic E-state index is 15.2. The first-order chi connectivity index (χ1) is 17.3. The molecule has 1 saturated carbocycles. The zero-order valence-corrected chi connectivity index (χ0v) is 19.8. The molecule has 3 heterocycles. The molecule has 0 spiro atoms. The van der Waals surface area contributed by atoms with Gasteiger partial charge in [-0.2, -0.15) is 0 Å². The predicted octanol–water partition coefficient (Wildman–Crippen LogP) is 3.63. The van der Waals surface area contributed by atoms with E-state index in [0.717, 1.165) is 18.4 Å². The number of hydrogen-bond acceptors (Lipinski definition) is 5. The number of carbonyl (C=O) groups excluding carboxylic acids is 2. The summed E-state index contributed by atoms with van der Waals surface area (Å²) < 4.78 is 58.1. The molecule has 3 aromatic rings. The molecule has 190 valence electrons. The summed E-state index contributed by atoms with van der Waals surface area (Å²) in [6.07, 6.45) is 2.61. The minimum absolute atomic E-state index is 0.0361. The number of aryl methyl sites for hydroxylation is 1. The molecule has 5 rings (SSSR count). The summed E-state index contributed by atoms with van der Waals surface area (Å²) in [5.74, 6) is -5.04. The highest BCUT2D eigenvalue weighted by atomic mass is 19.2. The average Bonchev–Trinajstić information content (AvgIpc) is 3.62. The van der Waals surface area contributed by atoms with Gasteiger partial charge < -0.3 is 24.1 Å². The van der Waals surface area contributed by atoms with Crippen molar-refractivity contribution in [3.8, 4) is 11.3 Å². The summed E-state index contributed by atoms with van der Waals surface area (Å²) in [4.78, 5) is 30.3. The Kier molecular flexibility index (Phi) is 6.33. The fourth-order valence-electron chi connectivity index (χ4n) is 4.33. The fourth-order valence-corrected chi connectivity index (χ4v) is 4.33. The van der Waals surface area contributed by atoms with E-state index in [2.05, 4.69) is 10.3 Å². The van der Waals surface area contributed by atoms with E-state index in [4.69, 9.17) is 9.47 Å². The van der Waals surface area contributed by atoms with Gasteiger partial charge in [0.2, 0.25) is 0 Å². The molecule has 36 heavy (non-hydrogen) atoms.